The summed E-state index contributed by atoms with van der Waals surface area (Å²) in [4.78, 5) is 23.5. The molecule has 3 N–H and O–H groups in total. The van der Waals surface area contributed by atoms with Crippen LogP contribution in [0.2, 0.25) is 0 Å². The smallest absolute Gasteiger partial charge is 0.337 e. The fraction of sp³-hybridized carbons (Fsp3) is 0.158. The number of ether oxygens (including phenoxy) is 2. The van der Waals surface area contributed by atoms with Gasteiger partial charge in [0.2, 0.25) is 5.91 Å². The first-order chi connectivity index (χ1) is 12.4. The maximum atomic E-state index is 12.2. The first-order valence-electron chi connectivity index (χ1n) is 7.89. The number of carboxylic acids is 1. The standard InChI is InChI=1S/C19H17NO6/c1-11(12-2-5-16-17(9-12)26-7-6-25-16)8-18(22)20-15-4-3-13(21)10-14(15)19(23)24/h2-5,8-10,21H,6-7H2,1H3,(H,20,22)(H,23,24). The highest BCUT2D eigenvalue weighted by molar-refractivity contribution is 6.07. The number of aromatic hydroxyl groups is 1. The molecule has 0 aliphatic carbocycles. The van der Waals surface area contributed by atoms with Crippen LogP contribution in [0.15, 0.2) is 42.5 Å². The van der Waals surface area contributed by atoms with Gasteiger partial charge in [-0.2, -0.15) is 0 Å². The van der Waals surface area contributed by atoms with Crippen molar-refractivity contribution in [3.63, 3.8) is 0 Å². The quantitative estimate of drug-likeness (QED) is 0.575. The van der Waals surface area contributed by atoms with E-state index in [0.717, 1.165) is 11.6 Å². The van der Waals surface area contributed by atoms with Crippen LogP contribution in [0.25, 0.3) is 5.57 Å². The monoisotopic (exact) mass is 355 g/mol. The van der Waals surface area contributed by atoms with E-state index in [-0.39, 0.29) is 17.0 Å². The zero-order valence-corrected chi connectivity index (χ0v) is 14.0. The highest BCUT2D eigenvalue weighted by atomic mass is 16.6. The Labute approximate surface area is 149 Å². The lowest BCUT2D eigenvalue weighted by Crippen LogP contribution is -2.15. The van der Waals surface area contributed by atoms with Crippen molar-refractivity contribution in [1.82, 2.24) is 0 Å². The van der Waals surface area contributed by atoms with Crippen molar-refractivity contribution in [3.8, 4) is 17.2 Å². The summed E-state index contributed by atoms with van der Waals surface area (Å²) in [7, 11) is 0. The van der Waals surface area contributed by atoms with Gasteiger partial charge < -0.3 is 25.0 Å². The van der Waals surface area contributed by atoms with E-state index >= 15 is 0 Å². The number of fused-ring (bicyclic) bond motifs is 1. The molecular weight excluding hydrogens is 338 g/mol. The lowest BCUT2D eigenvalue weighted by atomic mass is 10.1. The molecule has 1 aliphatic heterocycles. The molecule has 134 valence electrons. The van der Waals surface area contributed by atoms with Gasteiger partial charge in [-0.15, -0.1) is 0 Å². The Morgan fingerprint density at radius 2 is 1.81 bits per heavy atom. The summed E-state index contributed by atoms with van der Waals surface area (Å²) in [6, 6.07) is 9.10. The third-order valence-corrected chi connectivity index (χ3v) is 3.84. The number of hydrogen-bond acceptors (Lipinski definition) is 5. The molecular formula is C19H17NO6. The Morgan fingerprint density at radius 3 is 2.54 bits per heavy atom. The van der Waals surface area contributed by atoms with Crippen LogP contribution in [0.5, 0.6) is 17.2 Å². The van der Waals surface area contributed by atoms with Gasteiger partial charge in [0, 0.05) is 6.08 Å². The number of rotatable bonds is 4. The minimum atomic E-state index is -1.25. The van der Waals surface area contributed by atoms with Crippen LogP contribution in [0, 0.1) is 0 Å². The second-order valence-electron chi connectivity index (χ2n) is 5.71. The molecule has 0 atom stereocenters. The average Bonchev–Trinajstić information content (AvgIpc) is 2.62. The van der Waals surface area contributed by atoms with Crippen LogP contribution in [0.1, 0.15) is 22.8 Å². The molecule has 2 aromatic rings. The molecule has 7 heteroatoms. The maximum absolute atomic E-state index is 12.2. The predicted molar refractivity (Wildman–Crippen MR) is 94.8 cm³/mol. The minimum Gasteiger partial charge on any atom is -0.508 e. The van der Waals surface area contributed by atoms with Crippen LogP contribution >= 0.6 is 0 Å². The van der Waals surface area contributed by atoms with Gasteiger partial charge in [0.1, 0.15) is 19.0 Å². The highest BCUT2D eigenvalue weighted by Crippen LogP contribution is 2.32. The molecule has 7 nitrogen and oxygen atoms in total. The van der Waals surface area contributed by atoms with Crippen LogP contribution in [-0.2, 0) is 4.79 Å². The average molecular weight is 355 g/mol. The van der Waals surface area contributed by atoms with Crippen LogP contribution < -0.4 is 14.8 Å². The Bertz CT molecular complexity index is 903. The molecule has 2 aromatic carbocycles. The van der Waals surface area contributed by atoms with Gasteiger partial charge in [-0.05, 0) is 48.4 Å². The number of carboxylic acid groups (broad SMARTS) is 1. The van der Waals surface area contributed by atoms with Crippen molar-refractivity contribution in [3.05, 3.63) is 53.6 Å². The van der Waals surface area contributed by atoms with E-state index in [4.69, 9.17) is 9.47 Å². The van der Waals surface area contributed by atoms with Gasteiger partial charge in [-0.25, -0.2) is 4.79 Å². The van der Waals surface area contributed by atoms with Crippen LogP contribution in [-0.4, -0.2) is 35.3 Å². The third-order valence-electron chi connectivity index (χ3n) is 3.84. The van der Waals surface area contributed by atoms with E-state index in [9.17, 15) is 19.8 Å². The van der Waals surface area contributed by atoms with Gasteiger partial charge >= 0.3 is 5.97 Å². The van der Waals surface area contributed by atoms with Crippen molar-refractivity contribution in [2.24, 2.45) is 0 Å². The molecule has 0 unspecified atom stereocenters. The van der Waals surface area contributed by atoms with E-state index < -0.39 is 11.9 Å². The summed E-state index contributed by atoms with van der Waals surface area (Å²) in [5.74, 6) is -0.640. The number of hydrogen-bond donors (Lipinski definition) is 3. The van der Waals surface area contributed by atoms with Gasteiger partial charge in [0.15, 0.2) is 11.5 Å². The van der Waals surface area contributed by atoms with Gasteiger partial charge in [0.05, 0.1) is 11.3 Å². The van der Waals surface area contributed by atoms with Crippen molar-refractivity contribution in [2.75, 3.05) is 18.5 Å². The second-order valence-corrected chi connectivity index (χ2v) is 5.71. The first kappa shape index (κ1) is 17.3. The molecule has 3 rings (SSSR count). The minimum absolute atomic E-state index is 0.103. The van der Waals surface area contributed by atoms with Crippen LogP contribution in [0.4, 0.5) is 5.69 Å². The van der Waals surface area contributed by atoms with Gasteiger partial charge in [0.25, 0.3) is 0 Å². The van der Waals surface area contributed by atoms with Crippen LogP contribution in [0.3, 0.4) is 0 Å². The lowest BCUT2D eigenvalue weighted by molar-refractivity contribution is -0.111. The molecule has 0 aromatic heterocycles. The number of anilines is 1. The van der Waals surface area contributed by atoms with Gasteiger partial charge in [-0.1, -0.05) is 6.07 Å². The molecule has 0 bridgehead atoms. The largest absolute Gasteiger partial charge is 0.508 e. The lowest BCUT2D eigenvalue weighted by Gasteiger charge is -2.19. The third kappa shape index (κ3) is 3.77. The first-order valence-corrected chi connectivity index (χ1v) is 7.89. The summed E-state index contributed by atoms with van der Waals surface area (Å²) in [6.45, 7) is 2.74. The molecule has 1 aliphatic rings. The summed E-state index contributed by atoms with van der Waals surface area (Å²) in [5, 5.41) is 21.1. The number of amides is 1. The summed E-state index contributed by atoms with van der Waals surface area (Å²) in [5.41, 5.74) is 1.37. The number of allylic oxidation sites excluding steroid dienone is 1. The number of phenols is 1. The zero-order chi connectivity index (χ0) is 18.7. The summed E-state index contributed by atoms with van der Waals surface area (Å²) >= 11 is 0. The van der Waals surface area contributed by atoms with E-state index in [2.05, 4.69) is 5.32 Å². The number of phenolic OH excluding ortho intramolecular Hbond substituents is 1. The number of carbonyl (C=O) groups is 2. The fourth-order valence-electron chi connectivity index (χ4n) is 2.56. The molecule has 0 radical (unpaired) electrons. The highest BCUT2D eigenvalue weighted by Gasteiger charge is 2.14. The molecule has 1 heterocycles. The Balaban J connectivity index is 1.80. The normalized spacial score (nSPS) is 13.2. The summed E-state index contributed by atoms with van der Waals surface area (Å²) in [6.07, 6.45) is 1.36. The van der Waals surface area contributed by atoms with E-state index in [0.29, 0.717) is 30.3 Å². The second kappa shape index (κ2) is 7.18. The Kier molecular flexibility index (Phi) is 4.79. The Morgan fingerprint density at radius 1 is 1.08 bits per heavy atom. The van der Waals surface area contributed by atoms with E-state index in [1.54, 1.807) is 19.1 Å². The molecule has 1 amide bonds. The van der Waals surface area contributed by atoms with E-state index in [1.807, 2.05) is 6.07 Å². The predicted octanol–water partition coefficient (Wildman–Crippen LogP) is 2.90. The zero-order valence-electron chi connectivity index (χ0n) is 14.0. The summed E-state index contributed by atoms with van der Waals surface area (Å²) < 4.78 is 11.0. The maximum Gasteiger partial charge on any atom is 0.337 e. The van der Waals surface area contributed by atoms with E-state index in [1.165, 1.54) is 18.2 Å². The SMILES string of the molecule is CC(=CC(=O)Nc1ccc(O)cc1C(=O)O)c1ccc2c(c1)OCCO2. The molecule has 0 saturated carbocycles. The molecule has 26 heavy (non-hydrogen) atoms. The molecule has 0 saturated heterocycles. The number of nitrogens with one attached hydrogen (secondary N) is 1. The van der Waals surface area contributed by atoms with Crippen molar-refractivity contribution in [2.45, 2.75) is 6.92 Å². The fourth-order valence-corrected chi connectivity index (χ4v) is 2.56. The van der Waals surface area contributed by atoms with Gasteiger partial charge in [-0.3, -0.25) is 4.79 Å². The number of benzene rings is 2. The van der Waals surface area contributed by atoms with Crippen molar-refractivity contribution >= 4 is 23.1 Å². The number of aromatic carboxylic acids is 1. The number of carbonyl (C=O) groups excluding carboxylic acids is 1. The Hall–Kier alpha value is -3.48. The van der Waals surface area contributed by atoms with Crippen molar-refractivity contribution in [1.29, 1.82) is 0 Å². The van der Waals surface area contributed by atoms with Crippen molar-refractivity contribution < 1.29 is 29.3 Å². The molecule has 0 spiro atoms. The molecule has 0 fully saturated rings. The topological polar surface area (TPSA) is 105 Å².